The van der Waals surface area contributed by atoms with Crippen molar-refractivity contribution in [3.8, 4) is 0 Å². The minimum atomic E-state index is 0.274. The summed E-state index contributed by atoms with van der Waals surface area (Å²) in [6.45, 7) is 1.14. The quantitative estimate of drug-likeness (QED) is 0.947. The normalized spacial score (nSPS) is 29.9. The standard InChI is InChI=1S/C16H21N3OS/c20-10-12-8-11-4-1-2-6-14(11)19(12)9-15-18-13-5-3-7-17-16(13)21-15/h3,5,7,11-12,14,20H,1-2,4,6,8-10H2/t11-,12-,14-/m0/s1. The molecule has 3 heterocycles. The molecule has 1 saturated carbocycles. The second kappa shape index (κ2) is 5.63. The molecule has 2 aromatic heterocycles. The van der Waals surface area contributed by atoms with Gasteiger partial charge in [-0.1, -0.05) is 24.2 Å². The number of aliphatic hydroxyl groups is 1. The first-order valence-electron chi connectivity index (χ1n) is 7.92. The molecule has 0 amide bonds. The van der Waals surface area contributed by atoms with Crippen molar-refractivity contribution in [1.29, 1.82) is 0 Å². The maximum Gasteiger partial charge on any atom is 0.143 e. The third-order valence-corrected chi connectivity index (χ3v) is 6.04. The number of aromatic nitrogens is 2. The van der Waals surface area contributed by atoms with Crippen LogP contribution in [0.4, 0.5) is 0 Å². The Morgan fingerprint density at radius 3 is 3.10 bits per heavy atom. The number of likely N-dealkylation sites (tertiary alicyclic amines) is 1. The molecule has 21 heavy (non-hydrogen) atoms. The lowest BCUT2D eigenvalue weighted by atomic mass is 9.85. The van der Waals surface area contributed by atoms with Gasteiger partial charge in [-0.2, -0.15) is 0 Å². The molecule has 2 aliphatic rings. The first-order valence-corrected chi connectivity index (χ1v) is 8.74. The molecule has 2 fully saturated rings. The van der Waals surface area contributed by atoms with E-state index < -0.39 is 0 Å². The van der Waals surface area contributed by atoms with E-state index in [1.165, 1.54) is 25.7 Å². The summed E-state index contributed by atoms with van der Waals surface area (Å²) in [6, 6.07) is 4.93. The number of hydrogen-bond acceptors (Lipinski definition) is 5. The Bertz CT molecular complexity index is 596. The Labute approximate surface area is 128 Å². The fourth-order valence-electron chi connectivity index (χ4n) is 4.12. The van der Waals surface area contributed by atoms with Gasteiger partial charge in [-0.05, 0) is 37.3 Å². The lowest BCUT2D eigenvalue weighted by Crippen LogP contribution is -2.39. The van der Waals surface area contributed by atoms with Crippen molar-refractivity contribution in [3.63, 3.8) is 0 Å². The zero-order valence-corrected chi connectivity index (χ0v) is 12.9. The van der Waals surface area contributed by atoms with Crippen LogP contribution in [0.5, 0.6) is 0 Å². The molecule has 0 bridgehead atoms. The average Bonchev–Trinajstić information content (AvgIpc) is 3.08. The first kappa shape index (κ1) is 13.6. The van der Waals surface area contributed by atoms with E-state index in [9.17, 15) is 5.11 Å². The van der Waals surface area contributed by atoms with Crippen molar-refractivity contribution >= 4 is 21.7 Å². The van der Waals surface area contributed by atoms with Gasteiger partial charge in [0.05, 0.1) is 13.2 Å². The Kier molecular flexibility index (Phi) is 3.65. The Hall–Kier alpha value is -1.04. The summed E-state index contributed by atoms with van der Waals surface area (Å²) < 4.78 is 0. The van der Waals surface area contributed by atoms with E-state index in [0.717, 1.165) is 34.2 Å². The molecular formula is C16H21N3OS. The highest BCUT2D eigenvalue weighted by molar-refractivity contribution is 7.18. The molecule has 4 rings (SSSR count). The van der Waals surface area contributed by atoms with Gasteiger partial charge in [-0.25, -0.2) is 9.97 Å². The molecule has 0 aromatic carbocycles. The molecule has 1 aliphatic carbocycles. The molecule has 0 radical (unpaired) electrons. The molecule has 1 saturated heterocycles. The SMILES string of the molecule is OC[C@@H]1C[C@@H]2CCCC[C@@H]2N1Cc1nc2cccnc2s1. The predicted octanol–water partition coefficient (Wildman–Crippen LogP) is 2.82. The fourth-order valence-corrected chi connectivity index (χ4v) is 5.03. The summed E-state index contributed by atoms with van der Waals surface area (Å²) >= 11 is 1.69. The Balaban J connectivity index is 1.58. The van der Waals surface area contributed by atoms with Crippen molar-refractivity contribution in [2.45, 2.75) is 50.7 Å². The predicted molar refractivity (Wildman–Crippen MR) is 84.2 cm³/mol. The van der Waals surface area contributed by atoms with Gasteiger partial charge in [0.15, 0.2) is 0 Å². The van der Waals surface area contributed by atoms with Gasteiger partial charge < -0.3 is 5.11 Å². The Morgan fingerprint density at radius 1 is 1.33 bits per heavy atom. The molecule has 0 unspecified atom stereocenters. The van der Waals surface area contributed by atoms with Crippen LogP contribution in [0.15, 0.2) is 18.3 Å². The maximum atomic E-state index is 9.73. The van der Waals surface area contributed by atoms with Crippen molar-refractivity contribution in [3.05, 3.63) is 23.3 Å². The number of hydrogen-bond donors (Lipinski definition) is 1. The van der Waals surface area contributed by atoms with Gasteiger partial charge in [0.25, 0.3) is 0 Å². The van der Waals surface area contributed by atoms with Gasteiger partial charge in [0.1, 0.15) is 15.4 Å². The van der Waals surface area contributed by atoms with E-state index in [4.69, 9.17) is 4.98 Å². The summed E-state index contributed by atoms with van der Waals surface area (Å²) in [5, 5.41) is 10.9. The number of nitrogens with zero attached hydrogens (tertiary/aromatic N) is 3. The third kappa shape index (κ3) is 2.47. The zero-order chi connectivity index (χ0) is 14.2. The molecule has 2 aromatic rings. The van der Waals surface area contributed by atoms with E-state index in [-0.39, 0.29) is 6.61 Å². The van der Waals surface area contributed by atoms with Crippen LogP contribution in [0.3, 0.4) is 0 Å². The number of aliphatic hydroxyl groups excluding tert-OH is 1. The summed E-state index contributed by atoms with van der Waals surface area (Å²) in [7, 11) is 0. The van der Waals surface area contributed by atoms with E-state index >= 15 is 0 Å². The van der Waals surface area contributed by atoms with Gasteiger partial charge in [-0.3, -0.25) is 4.90 Å². The van der Waals surface area contributed by atoms with Gasteiger partial charge in [-0.15, -0.1) is 0 Å². The van der Waals surface area contributed by atoms with Crippen molar-refractivity contribution in [2.24, 2.45) is 5.92 Å². The monoisotopic (exact) mass is 303 g/mol. The molecular weight excluding hydrogens is 282 g/mol. The second-order valence-corrected chi connectivity index (χ2v) is 7.35. The molecule has 1 N–H and O–H groups in total. The molecule has 5 heteroatoms. The first-order chi connectivity index (χ1) is 10.3. The topological polar surface area (TPSA) is 49.2 Å². The average molecular weight is 303 g/mol. The minimum absolute atomic E-state index is 0.274. The van der Waals surface area contributed by atoms with Crippen LogP contribution in [0.2, 0.25) is 0 Å². The van der Waals surface area contributed by atoms with Gasteiger partial charge in [0, 0.05) is 18.3 Å². The van der Waals surface area contributed by atoms with Crippen LogP contribution in [-0.4, -0.2) is 38.7 Å². The number of pyridine rings is 1. The van der Waals surface area contributed by atoms with Gasteiger partial charge >= 0.3 is 0 Å². The minimum Gasteiger partial charge on any atom is -0.395 e. The molecule has 0 spiro atoms. The van der Waals surface area contributed by atoms with Crippen LogP contribution in [0.25, 0.3) is 10.3 Å². The van der Waals surface area contributed by atoms with Crippen LogP contribution < -0.4 is 0 Å². The molecule has 4 nitrogen and oxygen atoms in total. The summed E-state index contributed by atoms with van der Waals surface area (Å²) in [5.74, 6) is 0.781. The van der Waals surface area contributed by atoms with Gasteiger partial charge in [0.2, 0.25) is 0 Å². The summed E-state index contributed by atoms with van der Waals surface area (Å²) in [4.78, 5) is 12.6. The van der Waals surface area contributed by atoms with Crippen molar-refractivity contribution < 1.29 is 5.11 Å². The van der Waals surface area contributed by atoms with Crippen LogP contribution in [0.1, 0.15) is 37.1 Å². The van der Waals surface area contributed by atoms with Crippen LogP contribution in [0, 0.1) is 5.92 Å². The number of thiazole rings is 1. The fraction of sp³-hybridized carbons (Fsp3) is 0.625. The van der Waals surface area contributed by atoms with Crippen LogP contribution in [-0.2, 0) is 6.54 Å². The van der Waals surface area contributed by atoms with Crippen LogP contribution >= 0.6 is 11.3 Å². The smallest absolute Gasteiger partial charge is 0.143 e. The molecule has 3 atom stereocenters. The van der Waals surface area contributed by atoms with Crippen molar-refractivity contribution in [1.82, 2.24) is 14.9 Å². The van der Waals surface area contributed by atoms with E-state index in [1.54, 1.807) is 11.3 Å². The summed E-state index contributed by atoms with van der Waals surface area (Å²) in [6.07, 6.45) is 8.29. The maximum absolute atomic E-state index is 9.73. The zero-order valence-electron chi connectivity index (χ0n) is 12.1. The molecule has 112 valence electrons. The third-order valence-electron chi connectivity index (χ3n) is 5.08. The molecule has 1 aliphatic heterocycles. The summed E-state index contributed by atoms with van der Waals surface area (Å²) in [5.41, 5.74) is 0.998. The largest absolute Gasteiger partial charge is 0.395 e. The Morgan fingerprint density at radius 2 is 2.24 bits per heavy atom. The van der Waals surface area contributed by atoms with Crippen molar-refractivity contribution in [2.75, 3.05) is 6.61 Å². The van der Waals surface area contributed by atoms with E-state index in [0.29, 0.717) is 12.1 Å². The number of fused-ring (bicyclic) bond motifs is 2. The lowest BCUT2D eigenvalue weighted by Gasteiger charge is -2.32. The number of rotatable bonds is 3. The second-order valence-electron chi connectivity index (χ2n) is 6.29. The highest BCUT2D eigenvalue weighted by Gasteiger charge is 2.41. The lowest BCUT2D eigenvalue weighted by molar-refractivity contribution is 0.105. The highest BCUT2D eigenvalue weighted by Crippen LogP contribution is 2.40. The van der Waals surface area contributed by atoms with E-state index in [1.807, 2.05) is 18.3 Å². The van der Waals surface area contributed by atoms with E-state index in [2.05, 4.69) is 9.88 Å². The highest BCUT2D eigenvalue weighted by atomic mass is 32.1.